The maximum Gasteiger partial charge on any atom is 0.290 e. The Kier molecular flexibility index (Phi) is 6.79. The number of thioether (sulfide) groups is 1. The molecule has 1 aromatic carbocycles. The van der Waals surface area contributed by atoms with E-state index in [4.69, 9.17) is 11.6 Å². The quantitative estimate of drug-likeness (QED) is 0.758. The van der Waals surface area contributed by atoms with Crippen LogP contribution in [0, 0.1) is 5.92 Å². The van der Waals surface area contributed by atoms with Crippen LogP contribution in [-0.4, -0.2) is 37.3 Å². The lowest BCUT2D eigenvalue weighted by Crippen LogP contribution is -2.49. The molecule has 3 rings (SSSR count). The third kappa shape index (κ3) is 4.31. The van der Waals surface area contributed by atoms with Gasteiger partial charge in [0.15, 0.2) is 0 Å². The fourth-order valence-corrected chi connectivity index (χ4v) is 4.17. The van der Waals surface area contributed by atoms with Crippen LogP contribution in [0.25, 0.3) is 6.08 Å². The molecule has 8 heteroatoms. The molecule has 0 radical (unpaired) electrons. The Balaban J connectivity index is 0.00000225. The standard InChI is InChI=1S/C17H20ClN3O2S.ClH/c1-10-6-7-21(9-13(10)19-2)15-11(4-3-5-12(15)18)8-14-16(22)20-17(23)24-14;/h3-5,8,10,13,19H,6-7,9H2,1-2H3,(H,20,22,23);1H/b14-8-;. The molecule has 2 heterocycles. The van der Waals surface area contributed by atoms with Crippen molar-refractivity contribution in [2.45, 2.75) is 19.4 Å². The Bertz CT molecular complexity index is 711. The van der Waals surface area contributed by atoms with E-state index in [1.165, 1.54) is 0 Å². The van der Waals surface area contributed by atoms with Crippen LogP contribution in [0.4, 0.5) is 10.5 Å². The fourth-order valence-electron chi connectivity index (χ4n) is 3.19. The van der Waals surface area contributed by atoms with Crippen LogP contribution in [0.2, 0.25) is 5.02 Å². The smallest absolute Gasteiger partial charge is 0.290 e. The number of likely N-dealkylation sites (N-methyl/N-ethyl adjacent to an activating group) is 1. The van der Waals surface area contributed by atoms with Gasteiger partial charge in [0.1, 0.15) is 0 Å². The lowest BCUT2D eigenvalue weighted by Gasteiger charge is -2.39. The molecule has 0 bridgehead atoms. The zero-order valence-corrected chi connectivity index (χ0v) is 16.4. The Labute approximate surface area is 163 Å². The maximum absolute atomic E-state index is 11.8. The first-order valence-corrected chi connectivity index (χ1v) is 9.14. The number of nitrogens with zero attached hydrogens (tertiary/aromatic N) is 1. The number of imide groups is 1. The third-order valence-electron chi connectivity index (χ3n) is 4.59. The average molecular weight is 402 g/mol. The second kappa shape index (κ2) is 8.45. The number of carbonyl (C=O) groups is 2. The van der Waals surface area contributed by atoms with Gasteiger partial charge in [-0.15, -0.1) is 12.4 Å². The Hall–Kier alpha value is -1.21. The van der Waals surface area contributed by atoms with Crippen molar-refractivity contribution in [3.8, 4) is 0 Å². The van der Waals surface area contributed by atoms with Crippen molar-refractivity contribution in [3.63, 3.8) is 0 Å². The molecule has 2 fully saturated rings. The van der Waals surface area contributed by atoms with Gasteiger partial charge in [0.05, 0.1) is 15.6 Å². The Morgan fingerprint density at radius 2 is 2.16 bits per heavy atom. The molecule has 0 aliphatic carbocycles. The molecular weight excluding hydrogens is 381 g/mol. The highest BCUT2D eigenvalue weighted by Crippen LogP contribution is 2.36. The van der Waals surface area contributed by atoms with Gasteiger partial charge in [0.25, 0.3) is 11.1 Å². The summed E-state index contributed by atoms with van der Waals surface area (Å²) >= 11 is 7.40. The summed E-state index contributed by atoms with van der Waals surface area (Å²) < 4.78 is 0. The minimum Gasteiger partial charge on any atom is -0.368 e. The molecule has 2 aliphatic rings. The second-order valence-electron chi connectivity index (χ2n) is 6.14. The number of para-hydroxylation sites is 1. The van der Waals surface area contributed by atoms with Crippen LogP contribution >= 0.6 is 35.8 Å². The summed E-state index contributed by atoms with van der Waals surface area (Å²) in [6.45, 7) is 4.02. The number of piperidine rings is 1. The zero-order valence-electron chi connectivity index (χ0n) is 14.0. The SMILES string of the molecule is CNC1CN(c2c(Cl)cccc2/C=C2\SC(=O)NC2=O)CCC1C.Cl. The largest absolute Gasteiger partial charge is 0.368 e. The maximum atomic E-state index is 11.8. The summed E-state index contributed by atoms with van der Waals surface area (Å²) in [7, 11) is 1.98. The monoisotopic (exact) mass is 401 g/mol. The van der Waals surface area contributed by atoms with Gasteiger partial charge in [-0.05, 0) is 43.3 Å². The van der Waals surface area contributed by atoms with E-state index in [1.54, 1.807) is 6.08 Å². The van der Waals surface area contributed by atoms with Crippen LogP contribution in [0.15, 0.2) is 23.1 Å². The predicted molar refractivity (Wildman–Crippen MR) is 107 cm³/mol. The van der Waals surface area contributed by atoms with E-state index >= 15 is 0 Å². The number of hydrogen-bond donors (Lipinski definition) is 2. The summed E-state index contributed by atoms with van der Waals surface area (Å²) in [6.07, 6.45) is 2.82. The molecule has 2 aliphatic heterocycles. The molecule has 2 amide bonds. The summed E-state index contributed by atoms with van der Waals surface area (Å²) in [5, 5.41) is 5.97. The molecule has 0 saturated carbocycles. The highest BCUT2D eigenvalue weighted by atomic mass is 35.5. The highest BCUT2D eigenvalue weighted by molar-refractivity contribution is 8.18. The van der Waals surface area contributed by atoms with Crippen LogP contribution in [-0.2, 0) is 4.79 Å². The van der Waals surface area contributed by atoms with Crippen molar-refractivity contribution < 1.29 is 9.59 Å². The van der Waals surface area contributed by atoms with E-state index in [-0.39, 0.29) is 23.6 Å². The van der Waals surface area contributed by atoms with Gasteiger partial charge in [0, 0.05) is 24.7 Å². The number of rotatable bonds is 3. The van der Waals surface area contributed by atoms with Crippen molar-refractivity contribution >= 4 is 58.7 Å². The molecule has 2 saturated heterocycles. The topological polar surface area (TPSA) is 61.4 Å². The lowest BCUT2D eigenvalue weighted by atomic mass is 9.93. The molecule has 25 heavy (non-hydrogen) atoms. The van der Waals surface area contributed by atoms with Crippen molar-refractivity contribution in [2.75, 3.05) is 25.0 Å². The van der Waals surface area contributed by atoms with E-state index in [0.29, 0.717) is 21.9 Å². The van der Waals surface area contributed by atoms with E-state index in [2.05, 4.69) is 22.5 Å². The summed E-state index contributed by atoms with van der Waals surface area (Å²) in [4.78, 5) is 25.9. The summed E-state index contributed by atoms with van der Waals surface area (Å²) in [5.41, 5.74) is 1.78. The van der Waals surface area contributed by atoms with Crippen molar-refractivity contribution in [1.82, 2.24) is 10.6 Å². The van der Waals surface area contributed by atoms with Crippen LogP contribution < -0.4 is 15.5 Å². The van der Waals surface area contributed by atoms with Crippen molar-refractivity contribution in [3.05, 3.63) is 33.7 Å². The number of benzene rings is 1. The normalized spacial score (nSPS) is 25.1. The number of hydrogen-bond acceptors (Lipinski definition) is 5. The molecule has 0 spiro atoms. The molecular formula is C17H21Cl2N3O2S. The number of amides is 2. The Morgan fingerprint density at radius 1 is 1.40 bits per heavy atom. The van der Waals surface area contributed by atoms with Crippen molar-refractivity contribution in [1.29, 1.82) is 0 Å². The molecule has 1 aromatic rings. The Morgan fingerprint density at radius 3 is 2.80 bits per heavy atom. The lowest BCUT2D eigenvalue weighted by molar-refractivity contribution is -0.115. The number of halogens is 2. The van der Waals surface area contributed by atoms with E-state index in [0.717, 1.165) is 42.5 Å². The first-order chi connectivity index (χ1) is 11.5. The van der Waals surface area contributed by atoms with Crippen LogP contribution in [0.1, 0.15) is 18.9 Å². The van der Waals surface area contributed by atoms with Crippen LogP contribution in [0.5, 0.6) is 0 Å². The minimum absolute atomic E-state index is 0. The van der Waals surface area contributed by atoms with Gasteiger partial charge in [-0.3, -0.25) is 14.9 Å². The predicted octanol–water partition coefficient (Wildman–Crippen LogP) is 3.52. The van der Waals surface area contributed by atoms with Gasteiger partial charge < -0.3 is 10.2 Å². The first kappa shape index (κ1) is 20.1. The van der Waals surface area contributed by atoms with E-state index in [1.807, 2.05) is 25.2 Å². The molecule has 136 valence electrons. The van der Waals surface area contributed by atoms with E-state index in [9.17, 15) is 9.59 Å². The summed E-state index contributed by atoms with van der Waals surface area (Å²) in [6, 6.07) is 6.04. The molecule has 2 N–H and O–H groups in total. The second-order valence-corrected chi connectivity index (χ2v) is 7.56. The highest BCUT2D eigenvalue weighted by Gasteiger charge is 2.29. The summed E-state index contributed by atoms with van der Waals surface area (Å²) in [5.74, 6) is 0.251. The van der Waals surface area contributed by atoms with Gasteiger partial charge in [-0.2, -0.15) is 0 Å². The van der Waals surface area contributed by atoms with E-state index < -0.39 is 0 Å². The molecule has 0 aromatic heterocycles. The third-order valence-corrected chi connectivity index (χ3v) is 5.71. The number of carbonyl (C=O) groups excluding carboxylic acids is 2. The van der Waals surface area contributed by atoms with Gasteiger partial charge >= 0.3 is 0 Å². The number of nitrogens with one attached hydrogen (secondary N) is 2. The number of anilines is 1. The van der Waals surface area contributed by atoms with Crippen LogP contribution in [0.3, 0.4) is 0 Å². The average Bonchev–Trinajstić information content (AvgIpc) is 2.86. The molecule has 5 nitrogen and oxygen atoms in total. The molecule has 2 atom stereocenters. The van der Waals surface area contributed by atoms with Gasteiger partial charge in [-0.25, -0.2) is 0 Å². The minimum atomic E-state index is -0.351. The first-order valence-electron chi connectivity index (χ1n) is 7.95. The van der Waals surface area contributed by atoms with Crippen molar-refractivity contribution in [2.24, 2.45) is 5.92 Å². The van der Waals surface area contributed by atoms with Gasteiger partial charge in [0.2, 0.25) is 0 Å². The zero-order chi connectivity index (χ0) is 17.3. The molecule has 2 unspecified atom stereocenters. The fraction of sp³-hybridized carbons (Fsp3) is 0.412. The van der Waals surface area contributed by atoms with Gasteiger partial charge in [-0.1, -0.05) is 30.7 Å².